The first-order chi connectivity index (χ1) is 10.6. The first-order valence-electron chi connectivity index (χ1n) is 8.23. The van der Waals surface area contributed by atoms with E-state index in [9.17, 15) is 9.59 Å². The van der Waals surface area contributed by atoms with Crippen LogP contribution in [0.3, 0.4) is 0 Å². The fourth-order valence-electron chi connectivity index (χ4n) is 3.71. The zero-order valence-corrected chi connectivity index (χ0v) is 13.2. The van der Waals surface area contributed by atoms with Gasteiger partial charge in [0.2, 0.25) is 11.8 Å². The van der Waals surface area contributed by atoms with Crippen LogP contribution in [0.25, 0.3) is 0 Å². The van der Waals surface area contributed by atoms with Gasteiger partial charge < -0.3 is 9.80 Å². The number of carbonyl (C=O) groups is 2. The van der Waals surface area contributed by atoms with Crippen LogP contribution < -0.4 is 0 Å². The smallest absolute Gasteiger partial charge is 0.228 e. The maximum absolute atomic E-state index is 12.6. The Morgan fingerprint density at radius 1 is 1.23 bits per heavy atom. The molecule has 0 aromatic heterocycles. The third-order valence-electron chi connectivity index (χ3n) is 4.91. The van der Waals surface area contributed by atoms with Gasteiger partial charge in [-0.15, -0.1) is 0 Å². The van der Waals surface area contributed by atoms with Gasteiger partial charge in [-0.3, -0.25) is 9.59 Å². The molecule has 1 aromatic carbocycles. The number of benzene rings is 1. The third-order valence-corrected chi connectivity index (χ3v) is 4.91. The lowest BCUT2D eigenvalue weighted by molar-refractivity contribution is -0.135. The third kappa shape index (κ3) is 3.16. The first kappa shape index (κ1) is 15.1. The maximum atomic E-state index is 12.6. The number of carbonyl (C=O) groups excluding carboxylic acids is 2. The lowest BCUT2D eigenvalue weighted by atomic mass is 10.1. The number of likely N-dealkylation sites (tertiary alicyclic amines) is 1. The number of rotatable bonds is 4. The molecule has 1 aromatic rings. The van der Waals surface area contributed by atoms with Gasteiger partial charge in [-0.1, -0.05) is 43.2 Å². The van der Waals surface area contributed by atoms with E-state index in [-0.39, 0.29) is 17.7 Å². The molecular formula is C18H24N2O2. The minimum atomic E-state index is -0.165. The summed E-state index contributed by atoms with van der Waals surface area (Å²) in [7, 11) is 1.83. The average molecular weight is 300 g/mol. The summed E-state index contributed by atoms with van der Waals surface area (Å²) in [5.74, 6) is 0.0953. The normalized spacial score (nSPS) is 22.3. The molecule has 118 valence electrons. The Hall–Kier alpha value is -1.84. The van der Waals surface area contributed by atoms with Crippen LogP contribution in [0.5, 0.6) is 0 Å². The molecule has 0 bridgehead atoms. The summed E-state index contributed by atoms with van der Waals surface area (Å²) in [5.41, 5.74) is 1.12. The Kier molecular flexibility index (Phi) is 4.46. The molecule has 2 amide bonds. The molecule has 1 atom stereocenters. The molecule has 0 radical (unpaired) electrons. The van der Waals surface area contributed by atoms with Gasteiger partial charge in [0.25, 0.3) is 0 Å². The number of nitrogens with zero attached hydrogens (tertiary/aromatic N) is 2. The quantitative estimate of drug-likeness (QED) is 0.857. The molecular weight excluding hydrogens is 276 g/mol. The zero-order valence-electron chi connectivity index (χ0n) is 13.2. The Morgan fingerprint density at radius 2 is 1.91 bits per heavy atom. The van der Waals surface area contributed by atoms with Crippen LogP contribution in [-0.4, -0.2) is 41.2 Å². The molecule has 22 heavy (non-hydrogen) atoms. The maximum Gasteiger partial charge on any atom is 0.228 e. The van der Waals surface area contributed by atoms with E-state index in [1.165, 1.54) is 12.8 Å². The Labute approximate surface area is 132 Å². The van der Waals surface area contributed by atoms with Gasteiger partial charge in [-0.05, 0) is 18.4 Å². The highest BCUT2D eigenvalue weighted by molar-refractivity contribution is 5.89. The molecule has 4 heteroatoms. The van der Waals surface area contributed by atoms with Crippen molar-refractivity contribution < 1.29 is 9.59 Å². The van der Waals surface area contributed by atoms with Crippen molar-refractivity contribution in [2.75, 3.05) is 13.6 Å². The standard InChI is InChI=1S/C18H24N2O2/c1-19(12-14-7-3-2-4-8-14)18(22)15-11-17(21)20(13-15)16-9-5-6-10-16/h2-4,7-8,15-16H,5-6,9-13H2,1H3/t15-/m0/s1. The van der Waals surface area contributed by atoms with Crippen molar-refractivity contribution in [1.29, 1.82) is 0 Å². The fraction of sp³-hybridized carbons (Fsp3) is 0.556. The van der Waals surface area contributed by atoms with Crippen LogP contribution in [0, 0.1) is 5.92 Å². The van der Waals surface area contributed by atoms with E-state index < -0.39 is 0 Å². The minimum Gasteiger partial charge on any atom is -0.341 e. The van der Waals surface area contributed by atoms with Crippen molar-refractivity contribution in [3.8, 4) is 0 Å². The summed E-state index contributed by atoms with van der Waals surface area (Å²) in [5, 5.41) is 0. The number of amides is 2. The van der Waals surface area contributed by atoms with Crippen LogP contribution in [-0.2, 0) is 16.1 Å². The predicted molar refractivity (Wildman–Crippen MR) is 85.0 cm³/mol. The van der Waals surface area contributed by atoms with Crippen molar-refractivity contribution in [2.24, 2.45) is 5.92 Å². The van der Waals surface area contributed by atoms with E-state index in [1.807, 2.05) is 42.3 Å². The summed E-state index contributed by atoms with van der Waals surface area (Å²) in [4.78, 5) is 28.5. The molecule has 1 saturated heterocycles. The van der Waals surface area contributed by atoms with E-state index in [1.54, 1.807) is 4.90 Å². The summed E-state index contributed by atoms with van der Waals surface area (Å²) in [6, 6.07) is 10.4. The van der Waals surface area contributed by atoms with Crippen LogP contribution in [0.2, 0.25) is 0 Å². The van der Waals surface area contributed by atoms with Crippen molar-refractivity contribution >= 4 is 11.8 Å². The van der Waals surface area contributed by atoms with Gasteiger partial charge in [0, 0.05) is 32.6 Å². The molecule has 1 heterocycles. The topological polar surface area (TPSA) is 40.6 Å². The van der Waals surface area contributed by atoms with Crippen LogP contribution in [0.4, 0.5) is 0 Å². The summed E-state index contributed by atoms with van der Waals surface area (Å²) >= 11 is 0. The van der Waals surface area contributed by atoms with Gasteiger partial charge in [0.1, 0.15) is 0 Å². The Balaban J connectivity index is 1.59. The molecule has 0 unspecified atom stereocenters. The Morgan fingerprint density at radius 3 is 2.59 bits per heavy atom. The van der Waals surface area contributed by atoms with Crippen molar-refractivity contribution in [2.45, 2.75) is 44.7 Å². The summed E-state index contributed by atoms with van der Waals surface area (Å²) < 4.78 is 0. The second-order valence-electron chi connectivity index (χ2n) is 6.57. The van der Waals surface area contributed by atoms with E-state index in [4.69, 9.17) is 0 Å². The van der Waals surface area contributed by atoms with Crippen molar-refractivity contribution in [3.63, 3.8) is 0 Å². The van der Waals surface area contributed by atoms with E-state index in [2.05, 4.69) is 0 Å². The number of hydrogen-bond acceptors (Lipinski definition) is 2. The molecule has 2 fully saturated rings. The highest BCUT2D eigenvalue weighted by Crippen LogP contribution is 2.30. The van der Waals surface area contributed by atoms with Crippen LogP contribution >= 0.6 is 0 Å². The predicted octanol–water partition coefficient (Wildman–Crippen LogP) is 2.44. The van der Waals surface area contributed by atoms with E-state index >= 15 is 0 Å². The van der Waals surface area contributed by atoms with Gasteiger partial charge in [0.15, 0.2) is 0 Å². The second kappa shape index (κ2) is 6.51. The second-order valence-corrected chi connectivity index (χ2v) is 6.57. The summed E-state index contributed by atoms with van der Waals surface area (Å²) in [6.07, 6.45) is 5.01. The lowest BCUT2D eigenvalue weighted by Crippen LogP contribution is -2.37. The SMILES string of the molecule is CN(Cc1ccccc1)C(=O)[C@H]1CC(=O)N(C2CCCC2)C1. The molecule has 3 rings (SSSR count). The number of hydrogen-bond donors (Lipinski definition) is 0. The molecule has 1 aliphatic carbocycles. The highest BCUT2D eigenvalue weighted by atomic mass is 16.2. The Bertz CT molecular complexity index is 537. The summed E-state index contributed by atoms with van der Waals surface area (Å²) in [6.45, 7) is 1.22. The van der Waals surface area contributed by atoms with Gasteiger partial charge >= 0.3 is 0 Å². The molecule has 1 saturated carbocycles. The highest BCUT2D eigenvalue weighted by Gasteiger charge is 2.39. The van der Waals surface area contributed by atoms with E-state index in [0.29, 0.717) is 25.6 Å². The lowest BCUT2D eigenvalue weighted by Gasteiger charge is -2.25. The monoisotopic (exact) mass is 300 g/mol. The zero-order chi connectivity index (χ0) is 15.5. The molecule has 1 aliphatic heterocycles. The molecule has 0 spiro atoms. The van der Waals surface area contributed by atoms with Crippen molar-refractivity contribution in [1.82, 2.24) is 9.80 Å². The molecule has 2 aliphatic rings. The average Bonchev–Trinajstić information content (AvgIpc) is 3.16. The molecule has 4 nitrogen and oxygen atoms in total. The van der Waals surface area contributed by atoms with Gasteiger partial charge in [-0.2, -0.15) is 0 Å². The fourth-order valence-corrected chi connectivity index (χ4v) is 3.71. The van der Waals surface area contributed by atoms with E-state index in [0.717, 1.165) is 18.4 Å². The van der Waals surface area contributed by atoms with Crippen LogP contribution in [0.15, 0.2) is 30.3 Å². The van der Waals surface area contributed by atoms with Gasteiger partial charge in [-0.25, -0.2) is 0 Å². The van der Waals surface area contributed by atoms with Crippen LogP contribution in [0.1, 0.15) is 37.7 Å². The minimum absolute atomic E-state index is 0.0951. The first-order valence-corrected chi connectivity index (χ1v) is 8.23. The van der Waals surface area contributed by atoms with Crippen molar-refractivity contribution in [3.05, 3.63) is 35.9 Å². The largest absolute Gasteiger partial charge is 0.341 e. The molecule has 0 N–H and O–H groups in total. The van der Waals surface area contributed by atoms with Gasteiger partial charge in [0.05, 0.1) is 5.92 Å².